The van der Waals surface area contributed by atoms with Gasteiger partial charge in [0.2, 0.25) is 6.79 Å². The number of nitrogens with zero attached hydrogens (tertiary/aromatic N) is 1. The number of likely N-dealkylation sites (tertiary alicyclic amines) is 1. The van der Waals surface area contributed by atoms with Gasteiger partial charge in [-0.25, -0.2) is 0 Å². The summed E-state index contributed by atoms with van der Waals surface area (Å²) in [6.07, 6.45) is 3.32. The molecule has 2 aliphatic rings. The smallest absolute Gasteiger partial charge is 0.255 e. The summed E-state index contributed by atoms with van der Waals surface area (Å²) in [5, 5.41) is 2.83. The number of nitrogens with one attached hydrogen (secondary N) is 1. The van der Waals surface area contributed by atoms with Crippen molar-refractivity contribution >= 4 is 17.5 Å². The first-order valence-electron chi connectivity index (χ1n) is 8.81. The quantitative estimate of drug-likeness (QED) is 0.920. The Labute approximate surface area is 151 Å². The topological polar surface area (TPSA) is 67.9 Å². The van der Waals surface area contributed by atoms with Gasteiger partial charge in [-0.2, -0.15) is 0 Å². The van der Waals surface area contributed by atoms with Gasteiger partial charge in [0, 0.05) is 29.9 Å². The lowest BCUT2D eigenvalue weighted by Crippen LogP contribution is -2.35. The third kappa shape index (κ3) is 3.35. The van der Waals surface area contributed by atoms with Crippen LogP contribution >= 0.6 is 0 Å². The molecule has 1 saturated heterocycles. The van der Waals surface area contributed by atoms with Crippen molar-refractivity contribution in [1.29, 1.82) is 0 Å². The van der Waals surface area contributed by atoms with Gasteiger partial charge in [0.15, 0.2) is 11.5 Å². The molecule has 1 fully saturated rings. The fourth-order valence-electron chi connectivity index (χ4n) is 3.22. The van der Waals surface area contributed by atoms with Crippen LogP contribution in [0.3, 0.4) is 0 Å². The number of carbonyl (C=O) groups excluding carboxylic acids is 2. The summed E-state index contributed by atoms with van der Waals surface area (Å²) in [4.78, 5) is 26.8. The van der Waals surface area contributed by atoms with Gasteiger partial charge >= 0.3 is 0 Å². The fraction of sp³-hybridized carbons (Fsp3) is 0.300. The number of hydrogen-bond donors (Lipinski definition) is 1. The van der Waals surface area contributed by atoms with E-state index in [9.17, 15) is 9.59 Å². The standard InChI is InChI=1S/C20H20N2O4/c23-19(15-6-9-17-18(12-15)26-13-25-17)21-16-7-4-14(5-8-16)20(24)22-10-2-1-3-11-22/h4-9,12H,1-3,10-11,13H2,(H,21,23). The first-order chi connectivity index (χ1) is 12.7. The van der Waals surface area contributed by atoms with E-state index in [4.69, 9.17) is 9.47 Å². The number of amides is 2. The monoisotopic (exact) mass is 352 g/mol. The zero-order valence-corrected chi connectivity index (χ0v) is 14.4. The van der Waals surface area contributed by atoms with Gasteiger partial charge in [-0.05, 0) is 61.7 Å². The maximum Gasteiger partial charge on any atom is 0.255 e. The van der Waals surface area contributed by atoms with Crippen LogP contribution in [0, 0.1) is 0 Å². The second kappa shape index (κ2) is 7.07. The summed E-state index contributed by atoms with van der Waals surface area (Å²) in [6.45, 7) is 1.82. The van der Waals surface area contributed by atoms with Crippen LogP contribution in [0.2, 0.25) is 0 Å². The van der Waals surface area contributed by atoms with Crippen molar-refractivity contribution in [1.82, 2.24) is 4.90 Å². The molecule has 0 unspecified atom stereocenters. The minimum atomic E-state index is -0.238. The Morgan fingerprint density at radius 3 is 2.31 bits per heavy atom. The molecular weight excluding hydrogens is 332 g/mol. The van der Waals surface area contributed by atoms with Crippen molar-refractivity contribution in [3.05, 3.63) is 53.6 Å². The molecule has 0 atom stereocenters. The van der Waals surface area contributed by atoms with Crippen molar-refractivity contribution < 1.29 is 19.1 Å². The third-order valence-electron chi connectivity index (χ3n) is 4.67. The summed E-state index contributed by atoms with van der Waals surface area (Å²) in [7, 11) is 0. The van der Waals surface area contributed by atoms with Gasteiger partial charge in [-0.1, -0.05) is 0 Å². The van der Waals surface area contributed by atoms with Crippen molar-refractivity contribution in [3.8, 4) is 11.5 Å². The average molecular weight is 352 g/mol. The molecule has 0 spiro atoms. The van der Waals surface area contributed by atoms with Crippen LogP contribution in [-0.2, 0) is 0 Å². The van der Waals surface area contributed by atoms with Crippen LogP contribution in [0.15, 0.2) is 42.5 Å². The first-order valence-corrected chi connectivity index (χ1v) is 8.81. The molecule has 134 valence electrons. The Bertz CT molecular complexity index is 826. The van der Waals surface area contributed by atoms with E-state index < -0.39 is 0 Å². The van der Waals surface area contributed by atoms with Gasteiger partial charge in [0.1, 0.15) is 0 Å². The molecule has 0 aliphatic carbocycles. The van der Waals surface area contributed by atoms with Crippen LogP contribution in [-0.4, -0.2) is 36.6 Å². The molecule has 2 heterocycles. The van der Waals surface area contributed by atoms with Gasteiger partial charge in [-0.3, -0.25) is 9.59 Å². The minimum Gasteiger partial charge on any atom is -0.454 e. The summed E-state index contributed by atoms with van der Waals surface area (Å²) in [5.74, 6) is 1.03. The van der Waals surface area contributed by atoms with Gasteiger partial charge in [0.05, 0.1) is 0 Å². The summed E-state index contributed by atoms with van der Waals surface area (Å²) in [5.41, 5.74) is 1.78. The maximum absolute atomic E-state index is 12.5. The highest BCUT2D eigenvalue weighted by Crippen LogP contribution is 2.32. The number of ether oxygens (including phenoxy) is 2. The predicted molar refractivity (Wildman–Crippen MR) is 96.7 cm³/mol. The molecule has 0 saturated carbocycles. The Balaban J connectivity index is 1.42. The molecule has 0 aromatic heterocycles. The van der Waals surface area contributed by atoms with E-state index in [1.54, 1.807) is 42.5 Å². The molecule has 2 aliphatic heterocycles. The van der Waals surface area contributed by atoms with Gasteiger partial charge in [-0.15, -0.1) is 0 Å². The Morgan fingerprint density at radius 1 is 0.846 bits per heavy atom. The third-order valence-corrected chi connectivity index (χ3v) is 4.67. The van der Waals surface area contributed by atoms with E-state index in [0.29, 0.717) is 28.3 Å². The molecule has 0 bridgehead atoms. The van der Waals surface area contributed by atoms with Crippen molar-refractivity contribution in [3.63, 3.8) is 0 Å². The number of hydrogen-bond acceptors (Lipinski definition) is 4. The Kier molecular flexibility index (Phi) is 4.48. The lowest BCUT2D eigenvalue weighted by atomic mass is 10.1. The maximum atomic E-state index is 12.5. The van der Waals surface area contributed by atoms with Gasteiger partial charge < -0.3 is 19.7 Å². The van der Waals surface area contributed by atoms with Crippen LogP contribution in [0.25, 0.3) is 0 Å². The number of piperidine rings is 1. The van der Waals surface area contributed by atoms with E-state index in [2.05, 4.69) is 5.32 Å². The van der Waals surface area contributed by atoms with Crippen molar-refractivity contribution in [2.75, 3.05) is 25.2 Å². The van der Waals surface area contributed by atoms with Crippen LogP contribution in [0.4, 0.5) is 5.69 Å². The van der Waals surface area contributed by atoms with Crippen LogP contribution in [0.1, 0.15) is 40.0 Å². The molecule has 2 amide bonds. The normalized spacial score (nSPS) is 15.6. The fourth-order valence-corrected chi connectivity index (χ4v) is 3.22. The molecule has 0 radical (unpaired) electrons. The summed E-state index contributed by atoms with van der Waals surface area (Å²) < 4.78 is 10.5. The lowest BCUT2D eigenvalue weighted by Gasteiger charge is -2.26. The Morgan fingerprint density at radius 2 is 1.54 bits per heavy atom. The van der Waals surface area contributed by atoms with E-state index in [1.807, 2.05) is 4.90 Å². The number of anilines is 1. The molecule has 6 nitrogen and oxygen atoms in total. The highest BCUT2D eigenvalue weighted by molar-refractivity contribution is 6.05. The summed E-state index contributed by atoms with van der Waals surface area (Å²) >= 11 is 0. The predicted octanol–water partition coefficient (Wildman–Crippen LogP) is 3.29. The number of fused-ring (bicyclic) bond motifs is 1. The molecule has 1 N–H and O–H groups in total. The molecule has 2 aromatic carbocycles. The number of benzene rings is 2. The van der Waals surface area contributed by atoms with E-state index in [1.165, 1.54) is 6.42 Å². The van der Waals surface area contributed by atoms with E-state index in [0.717, 1.165) is 25.9 Å². The molecular formula is C20H20N2O4. The van der Waals surface area contributed by atoms with Crippen molar-refractivity contribution in [2.24, 2.45) is 0 Å². The molecule has 4 rings (SSSR count). The van der Waals surface area contributed by atoms with Crippen LogP contribution in [0.5, 0.6) is 11.5 Å². The zero-order chi connectivity index (χ0) is 17.9. The minimum absolute atomic E-state index is 0.0540. The molecule has 26 heavy (non-hydrogen) atoms. The van der Waals surface area contributed by atoms with E-state index in [-0.39, 0.29) is 18.6 Å². The average Bonchev–Trinajstić information content (AvgIpc) is 3.16. The Hall–Kier alpha value is -3.02. The first kappa shape index (κ1) is 16.4. The van der Waals surface area contributed by atoms with Crippen LogP contribution < -0.4 is 14.8 Å². The second-order valence-electron chi connectivity index (χ2n) is 6.45. The molecule has 2 aromatic rings. The number of carbonyl (C=O) groups is 2. The lowest BCUT2D eigenvalue weighted by molar-refractivity contribution is 0.0724. The van der Waals surface area contributed by atoms with E-state index >= 15 is 0 Å². The highest BCUT2D eigenvalue weighted by atomic mass is 16.7. The SMILES string of the molecule is O=C(Nc1ccc(C(=O)N2CCCCC2)cc1)c1ccc2c(c1)OCO2. The largest absolute Gasteiger partial charge is 0.454 e. The molecule has 6 heteroatoms. The highest BCUT2D eigenvalue weighted by Gasteiger charge is 2.19. The number of rotatable bonds is 3. The van der Waals surface area contributed by atoms with Gasteiger partial charge in [0.25, 0.3) is 11.8 Å². The van der Waals surface area contributed by atoms with Crippen molar-refractivity contribution in [2.45, 2.75) is 19.3 Å². The second-order valence-corrected chi connectivity index (χ2v) is 6.45. The zero-order valence-electron chi connectivity index (χ0n) is 14.4. The summed E-state index contributed by atoms with van der Waals surface area (Å²) in [6, 6.07) is 12.1.